The summed E-state index contributed by atoms with van der Waals surface area (Å²) in [6, 6.07) is 6.82. The van der Waals surface area contributed by atoms with E-state index in [0.29, 0.717) is 17.1 Å². The van der Waals surface area contributed by atoms with Crippen molar-refractivity contribution in [3.8, 4) is 0 Å². The second-order valence-corrected chi connectivity index (χ2v) is 4.64. The molecule has 0 saturated carbocycles. The van der Waals surface area contributed by atoms with Gasteiger partial charge in [-0.1, -0.05) is 24.6 Å². The van der Waals surface area contributed by atoms with Gasteiger partial charge in [0.25, 0.3) is 0 Å². The van der Waals surface area contributed by atoms with Crippen molar-refractivity contribution >= 4 is 11.6 Å². The molecule has 0 spiro atoms. The summed E-state index contributed by atoms with van der Waals surface area (Å²) >= 11 is 5.73. The van der Waals surface area contributed by atoms with Gasteiger partial charge in [0.2, 0.25) is 0 Å². The quantitative estimate of drug-likeness (QED) is 0.877. The van der Waals surface area contributed by atoms with Crippen LogP contribution in [0.1, 0.15) is 18.1 Å². The highest BCUT2D eigenvalue weighted by atomic mass is 35.5. The van der Waals surface area contributed by atoms with Crippen LogP contribution in [0.3, 0.4) is 0 Å². The molecule has 0 radical (unpaired) electrons. The van der Waals surface area contributed by atoms with Crippen LogP contribution in [0.15, 0.2) is 36.7 Å². The van der Waals surface area contributed by atoms with Crippen molar-refractivity contribution in [3.63, 3.8) is 0 Å². The minimum Gasteiger partial charge on any atom is -0.349 e. The zero-order valence-corrected chi connectivity index (χ0v) is 11.0. The lowest BCUT2D eigenvalue weighted by atomic mass is 10.2. The fraction of sp³-hybridized carbons (Fsp3) is 0.286. The third kappa shape index (κ3) is 3.34. The first-order valence-corrected chi connectivity index (χ1v) is 6.36. The Morgan fingerprint density at radius 1 is 1.33 bits per heavy atom. The highest BCUT2D eigenvalue weighted by Crippen LogP contribution is 2.16. The molecule has 2 nitrogen and oxygen atoms in total. The molecule has 0 atom stereocenters. The summed E-state index contributed by atoms with van der Waals surface area (Å²) in [6.07, 6.45) is 3.98. The first-order valence-electron chi connectivity index (χ1n) is 5.98. The molecule has 0 aliphatic rings. The van der Waals surface area contributed by atoms with E-state index in [1.54, 1.807) is 12.1 Å². The van der Waals surface area contributed by atoms with Gasteiger partial charge >= 0.3 is 0 Å². The highest BCUT2D eigenvalue weighted by molar-refractivity contribution is 6.30. The maximum Gasteiger partial charge on any atom is 0.129 e. The van der Waals surface area contributed by atoms with Gasteiger partial charge in [-0.2, -0.15) is 0 Å². The largest absolute Gasteiger partial charge is 0.349 e. The smallest absolute Gasteiger partial charge is 0.129 e. The van der Waals surface area contributed by atoms with Crippen LogP contribution in [0.4, 0.5) is 4.39 Å². The number of aromatic nitrogens is 1. The summed E-state index contributed by atoms with van der Waals surface area (Å²) in [5.41, 5.74) is 1.84. The number of hydrogen-bond acceptors (Lipinski definition) is 1. The van der Waals surface area contributed by atoms with Crippen molar-refractivity contribution in [2.24, 2.45) is 0 Å². The summed E-state index contributed by atoms with van der Waals surface area (Å²) < 4.78 is 15.6. The fourth-order valence-corrected chi connectivity index (χ4v) is 1.97. The summed E-state index contributed by atoms with van der Waals surface area (Å²) in [7, 11) is 0. The normalized spacial score (nSPS) is 10.8. The van der Waals surface area contributed by atoms with Gasteiger partial charge in [-0.15, -0.1) is 0 Å². The Morgan fingerprint density at radius 3 is 2.89 bits per heavy atom. The molecule has 2 aromatic rings. The van der Waals surface area contributed by atoms with Crippen LogP contribution in [0.5, 0.6) is 0 Å². The van der Waals surface area contributed by atoms with Gasteiger partial charge in [0.05, 0.1) is 0 Å². The van der Waals surface area contributed by atoms with Crippen LogP contribution in [0.25, 0.3) is 0 Å². The lowest BCUT2D eigenvalue weighted by Gasteiger charge is -2.05. The average Bonchev–Trinajstić information content (AvgIpc) is 2.78. The van der Waals surface area contributed by atoms with E-state index in [1.165, 1.54) is 11.6 Å². The predicted molar refractivity (Wildman–Crippen MR) is 72.3 cm³/mol. The van der Waals surface area contributed by atoms with Crippen LogP contribution in [-0.2, 0) is 13.1 Å². The van der Waals surface area contributed by atoms with E-state index in [-0.39, 0.29) is 5.82 Å². The zero-order chi connectivity index (χ0) is 13.0. The van der Waals surface area contributed by atoms with Crippen LogP contribution < -0.4 is 5.32 Å². The maximum atomic E-state index is 13.6. The molecule has 0 saturated heterocycles. The molecule has 1 N–H and O–H groups in total. The number of hydrogen-bond donors (Lipinski definition) is 1. The second kappa shape index (κ2) is 6.03. The molecule has 18 heavy (non-hydrogen) atoms. The molecule has 0 fully saturated rings. The Hall–Kier alpha value is -1.32. The fourth-order valence-electron chi connectivity index (χ4n) is 1.81. The van der Waals surface area contributed by atoms with Gasteiger partial charge in [-0.3, -0.25) is 0 Å². The van der Waals surface area contributed by atoms with Crippen LogP contribution in [0, 0.1) is 5.82 Å². The highest BCUT2D eigenvalue weighted by Gasteiger charge is 2.04. The summed E-state index contributed by atoms with van der Waals surface area (Å²) in [6.45, 7) is 4.37. The Labute approximate surface area is 111 Å². The molecular formula is C14H16ClFN2. The van der Waals surface area contributed by atoms with Gasteiger partial charge < -0.3 is 9.88 Å². The number of rotatable bonds is 5. The Morgan fingerprint density at radius 2 is 2.17 bits per heavy atom. The van der Waals surface area contributed by atoms with Gasteiger partial charge in [0.15, 0.2) is 0 Å². The van der Waals surface area contributed by atoms with Crippen molar-refractivity contribution in [2.45, 2.75) is 20.0 Å². The summed E-state index contributed by atoms with van der Waals surface area (Å²) in [5.74, 6) is -0.260. The van der Waals surface area contributed by atoms with Crippen molar-refractivity contribution in [3.05, 3.63) is 58.6 Å². The third-order valence-corrected chi connectivity index (χ3v) is 2.99. The van der Waals surface area contributed by atoms with Crippen molar-refractivity contribution < 1.29 is 4.39 Å². The van der Waals surface area contributed by atoms with E-state index >= 15 is 0 Å². The molecule has 0 bridgehead atoms. The average molecular weight is 267 g/mol. The van der Waals surface area contributed by atoms with E-state index in [9.17, 15) is 4.39 Å². The number of nitrogens with zero attached hydrogens (tertiary/aromatic N) is 1. The molecular weight excluding hydrogens is 251 g/mol. The molecule has 1 heterocycles. The van der Waals surface area contributed by atoms with Gasteiger partial charge in [-0.05, 0) is 30.3 Å². The van der Waals surface area contributed by atoms with E-state index in [0.717, 1.165) is 13.1 Å². The predicted octanol–water partition coefficient (Wildman–Crippen LogP) is 3.44. The van der Waals surface area contributed by atoms with Gasteiger partial charge in [-0.25, -0.2) is 4.39 Å². The number of benzene rings is 1. The minimum atomic E-state index is -0.260. The van der Waals surface area contributed by atoms with Gasteiger partial charge in [0.1, 0.15) is 5.82 Å². The van der Waals surface area contributed by atoms with Crippen LogP contribution in [0.2, 0.25) is 5.02 Å². The summed E-state index contributed by atoms with van der Waals surface area (Å²) in [4.78, 5) is 0. The Kier molecular flexibility index (Phi) is 4.39. The Balaban J connectivity index is 2.06. The lowest BCUT2D eigenvalue weighted by Crippen LogP contribution is -2.11. The SMILES string of the molecule is CCNCc1ccn(Cc2ccc(Cl)cc2F)c1. The molecule has 0 unspecified atom stereocenters. The standard InChI is InChI=1S/C14H16ClFN2/c1-2-17-8-11-5-6-18(9-11)10-12-3-4-13(15)7-14(12)16/h3-7,9,17H,2,8,10H2,1H3. The topological polar surface area (TPSA) is 17.0 Å². The van der Waals surface area contributed by atoms with Crippen LogP contribution in [-0.4, -0.2) is 11.1 Å². The molecule has 96 valence electrons. The zero-order valence-electron chi connectivity index (χ0n) is 10.3. The molecule has 0 aliphatic heterocycles. The monoisotopic (exact) mass is 266 g/mol. The Bertz CT molecular complexity index is 522. The van der Waals surface area contributed by atoms with Crippen molar-refractivity contribution in [2.75, 3.05) is 6.54 Å². The van der Waals surface area contributed by atoms with Gasteiger partial charge in [0, 0.05) is 36.1 Å². The maximum absolute atomic E-state index is 13.6. The first-order chi connectivity index (χ1) is 8.69. The molecule has 0 amide bonds. The van der Waals surface area contributed by atoms with E-state index in [2.05, 4.69) is 12.2 Å². The number of nitrogens with one attached hydrogen (secondary N) is 1. The molecule has 2 rings (SSSR count). The van der Waals surface area contributed by atoms with Crippen LogP contribution >= 0.6 is 11.6 Å². The molecule has 1 aromatic carbocycles. The van der Waals surface area contributed by atoms with E-state index in [1.807, 2.05) is 23.0 Å². The lowest BCUT2D eigenvalue weighted by molar-refractivity contribution is 0.599. The van der Waals surface area contributed by atoms with E-state index in [4.69, 9.17) is 11.6 Å². The van der Waals surface area contributed by atoms with E-state index < -0.39 is 0 Å². The van der Waals surface area contributed by atoms with Crippen molar-refractivity contribution in [1.82, 2.24) is 9.88 Å². The summed E-state index contributed by atoms with van der Waals surface area (Å²) in [5, 5.41) is 3.68. The molecule has 0 aliphatic carbocycles. The second-order valence-electron chi connectivity index (χ2n) is 4.21. The minimum absolute atomic E-state index is 0.260. The molecule has 4 heteroatoms. The number of halogens is 2. The third-order valence-electron chi connectivity index (χ3n) is 2.76. The first kappa shape index (κ1) is 13.1. The molecule has 1 aromatic heterocycles. The van der Waals surface area contributed by atoms with Crippen molar-refractivity contribution in [1.29, 1.82) is 0 Å².